The van der Waals surface area contributed by atoms with Crippen molar-refractivity contribution in [2.24, 2.45) is 5.84 Å². The van der Waals surface area contributed by atoms with Gasteiger partial charge in [-0.1, -0.05) is 30.3 Å². The number of nitrogens with two attached hydrogens (primary N) is 1. The van der Waals surface area contributed by atoms with Gasteiger partial charge in [0.05, 0.1) is 6.04 Å². The van der Waals surface area contributed by atoms with E-state index >= 15 is 0 Å². The Bertz CT molecular complexity index is 777. The molecule has 0 fully saturated rings. The molecule has 0 aliphatic carbocycles. The van der Waals surface area contributed by atoms with Crippen molar-refractivity contribution in [3.8, 4) is 0 Å². The van der Waals surface area contributed by atoms with Crippen molar-refractivity contribution in [3.63, 3.8) is 0 Å². The Labute approximate surface area is 124 Å². The number of benzene rings is 1. The zero-order valence-corrected chi connectivity index (χ0v) is 12.2. The molecule has 0 spiro atoms. The molecule has 0 aliphatic heterocycles. The highest BCUT2D eigenvalue weighted by molar-refractivity contribution is 5.85. The summed E-state index contributed by atoms with van der Waals surface area (Å²) in [5.41, 5.74) is 7.02. The zero-order valence-electron chi connectivity index (χ0n) is 12.2. The molecule has 0 bridgehead atoms. The first-order valence-corrected chi connectivity index (χ1v) is 6.93. The van der Waals surface area contributed by atoms with E-state index in [0.29, 0.717) is 0 Å². The summed E-state index contributed by atoms with van der Waals surface area (Å²) >= 11 is 0. The van der Waals surface area contributed by atoms with Crippen LogP contribution >= 0.6 is 0 Å². The molecular formula is C17H18N4. The summed E-state index contributed by atoms with van der Waals surface area (Å²) in [7, 11) is 0. The minimum atomic E-state index is -0.128. The standard InChI is InChI=1S/C17H18N4/c1-11-7-8-14(12(2)20-11)17(21-18)16-10-19-9-13-5-3-4-6-15(13)16/h3-10,17,21H,18H2,1-2H3. The molecule has 3 rings (SSSR count). The molecule has 1 aromatic carbocycles. The van der Waals surface area contributed by atoms with Crippen LogP contribution in [0.3, 0.4) is 0 Å². The van der Waals surface area contributed by atoms with Gasteiger partial charge in [0.2, 0.25) is 0 Å². The fourth-order valence-corrected chi connectivity index (χ4v) is 2.72. The van der Waals surface area contributed by atoms with Crippen LogP contribution in [0.25, 0.3) is 10.8 Å². The molecule has 0 saturated heterocycles. The summed E-state index contributed by atoms with van der Waals surface area (Å²) in [5.74, 6) is 5.83. The molecule has 2 heterocycles. The second kappa shape index (κ2) is 5.60. The number of hydrogen-bond donors (Lipinski definition) is 2. The van der Waals surface area contributed by atoms with Gasteiger partial charge in [-0.2, -0.15) is 0 Å². The summed E-state index contributed by atoms with van der Waals surface area (Å²) < 4.78 is 0. The van der Waals surface area contributed by atoms with Crippen molar-refractivity contribution >= 4 is 10.8 Å². The normalized spacial score (nSPS) is 12.5. The quantitative estimate of drug-likeness (QED) is 0.571. The lowest BCUT2D eigenvalue weighted by Crippen LogP contribution is -2.30. The molecule has 2 aromatic heterocycles. The molecule has 106 valence electrons. The molecule has 4 nitrogen and oxygen atoms in total. The summed E-state index contributed by atoms with van der Waals surface area (Å²) in [5, 5.41) is 2.25. The van der Waals surface area contributed by atoms with Crippen LogP contribution in [0.15, 0.2) is 48.8 Å². The maximum Gasteiger partial charge on any atom is 0.0748 e. The SMILES string of the molecule is Cc1ccc(C(NN)c2cncc3ccccc23)c(C)n1. The number of aryl methyl sites for hydroxylation is 2. The molecule has 3 aromatic rings. The molecule has 21 heavy (non-hydrogen) atoms. The van der Waals surface area contributed by atoms with E-state index in [1.54, 1.807) is 0 Å². The monoisotopic (exact) mass is 278 g/mol. The van der Waals surface area contributed by atoms with Gasteiger partial charge in [-0.05, 0) is 30.9 Å². The number of hydrazine groups is 1. The first-order chi connectivity index (χ1) is 10.2. The minimum absolute atomic E-state index is 0.128. The Morgan fingerprint density at radius 3 is 2.57 bits per heavy atom. The van der Waals surface area contributed by atoms with Crippen LogP contribution in [-0.2, 0) is 0 Å². The van der Waals surface area contributed by atoms with Crippen LogP contribution in [0, 0.1) is 13.8 Å². The highest BCUT2D eigenvalue weighted by atomic mass is 15.2. The van der Waals surface area contributed by atoms with Crippen molar-refractivity contribution in [2.45, 2.75) is 19.9 Å². The molecular weight excluding hydrogens is 260 g/mol. The van der Waals surface area contributed by atoms with Crippen molar-refractivity contribution in [1.82, 2.24) is 15.4 Å². The van der Waals surface area contributed by atoms with Crippen LogP contribution in [0.1, 0.15) is 28.6 Å². The van der Waals surface area contributed by atoms with Gasteiger partial charge < -0.3 is 0 Å². The molecule has 4 heteroatoms. The Balaban J connectivity index is 2.18. The molecule has 0 aliphatic rings. The van der Waals surface area contributed by atoms with E-state index in [1.807, 2.05) is 44.4 Å². The lowest BCUT2D eigenvalue weighted by Gasteiger charge is -2.20. The number of rotatable bonds is 3. The molecule has 0 saturated carbocycles. The predicted molar refractivity (Wildman–Crippen MR) is 84.6 cm³/mol. The Morgan fingerprint density at radius 2 is 1.81 bits per heavy atom. The van der Waals surface area contributed by atoms with Crippen LogP contribution < -0.4 is 11.3 Å². The van der Waals surface area contributed by atoms with Gasteiger partial charge in [0.1, 0.15) is 0 Å². The number of nitrogens with zero attached hydrogens (tertiary/aromatic N) is 2. The third-order valence-corrected chi connectivity index (χ3v) is 3.75. The lowest BCUT2D eigenvalue weighted by atomic mass is 9.95. The molecule has 0 radical (unpaired) electrons. The van der Waals surface area contributed by atoms with Crippen LogP contribution in [0.5, 0.6) is 0 Å². The summed E-state index contributed by atoms with van der Waals surface area (Å²) in [6.45, 7) is 3.99. The number of fused-ring (bicyclic) bond motifs is 1. The number of hydrogen-bond acceptors (Lipinski definition) is 4. The van der Waals surface area contributed by atoms with Crippen LogP contribution in [0.2, 0.25) is 0 Å². The molecule has 1 unspecified atom stereocenters. The molecule has 0 amide bonds. The maximum absolute atomic E-state index is 5.83. The Hall–Kier alpha value is -2.30. The summed E-state index contributed by atoms with van der Waals surface area (Å²) in [6, 6.07) is 12.1. The minimum Gasteiger partial charge on any atom is -0.271 e. The summed E-state index contributed by atoms with van der Waals surface area (Å²) in [6.07, 6.45) is 3.73. The van der Waals surface area contributed by atoms with Crippen molar-refractivity contribution in [3.05, 3.63) is 71.3 Å². The lowest BCUT2D eigenvalue weighted by molar-refractivity contribution is 0.632. The highest BCUT2D eigenvalue weighted by Gasteiger charge is 2.18. The Kier molecular flexibility index (Phi) is 3.64. The number of nitrogens with one attached hydrogen (secondary N) is 1. The average Bonchev–Trinajstić information content (AvgIpc) is 2.50. The van der Waals surface area contributed by atoms with E-state index in [4.69, 9.17) is 5.84 Å². The van der Waals surface area contributed by atoms with Crippen molar-refractivity contribution in [1.29, 1.82) is 0 Å². The predicted octanol–water partition coefficient (Wildman–Crippen LogP) is 2.80. The smallest absolute Gasteiger partial charge is 0.0748 e. The maximum atomic E-state index is 5.83. The third-order valence-electron chi connectivity index (χ3n) is 3.75. The van der Waals surface area contributed by atoms with Gasteiger partial charge in [-0.15, -0.1) is 0 Å². The van der Waals surface area contributed by atoms with Crippen LogP contribution in [0.4, 0.5) is 0 Å². The van der Waals surface area contributed by atoms with Crippen molar-refractivity contribution < 1.29 is 0 Å². The fourth-order valence-electron chi connectivity index (χ4n) is 2.72. The van der Waals surface area contributed by atoms with E-state index in [0.717, 1.165) is 33.3 Å². The highest BCUT2D eigenvalue weighted by Crippen LogP contribution is 2.28. The van der Waals surface area contributed by atoms with E-state index in [2.05, 4.69) is 33.6 Å². The van der Waals surface area contributed by atoms with E-state index in [1.165, 1.54) is 0 Å². The largest absolute Gasteiger partial charge is 0.271 e. The van der Waals surface area contributed by atoms with Crippen molar-refractivity contribution in [2.75, 3.05) is 0 Å². The van der Waals surface area contributed by atoms with E-state index in [9.17, 15) is 0 Å². The van der Waals surface area contributed by atoms with Gasteiger partial charge in [0, 0.05) is 34.7 Å². The van der Waals surface area contributed by atoms with Gasteiger partial charge >= 0.3 is 0 Å². The van der Waals surface area contributed by atoms with Gasteiger partial charge in [-0.3, -0.25) is 15.8 Å². The average molecular weight is 278 g/mol. The van der Waals surface area contributed by atoms with Gasteiger partial charge in [0.15, 0.2) is 0 Å². The summed E-state index contributed by atoms with van der Waals surface area (Å²) in [4.78, 5) is 8.87. The molecule has 3 N–H and O–H groups in total. The Morgan fingerprint density at radius 1 is 1.00 bits per heavy atom. The first kappa shape index (κ1) is 13.7. The number of pyridine rings is 2. The topological polar surface area (TPSA) is 63.8 Å². The van der Waals surface area contributed by atoms with Gasteiger partial charge in [0.25, 0.3) is 0 Å². The second-order valence-electron chi connectivity index (χ2n) is 5.18. The number of aromatic nitrogens is 2. The zero-order chi connectivity index (χ0) is 14.8. The van der Waals surface area contributed by atoms with Crippen LogP contribution in [-0.4, -0.2) is 9.97 Å². The second-order valence-corrected chi connectivity index (χ2v) is 5.18. The third kappa shape index (κ3) is 2.51. The fraction of sp³-hybridized carbons (Fsp3) is 0.176. The molecule has 1 atom stereocenters. The first-order valence-electron chi connectivity index (χ1n) is 6.93. The van der Waals surface area contributed by atoms with E-state index in [-0.39, 0.29) is 6.04 Å². The van der Waals surface area contributed by atoms with E-state index < -0.39 is 0 Å². The van der Waals surface area contributed by atoms with Gasteiger partial charge in [-0.25, -0.2) is 5.43 Å².